The summed E-state index contributed by atoms with van der Waals surface area (Å²) >= 11 is 0. The molecule has 5 nitrogen and oxygen atoms in total. The molecule has 0 saturated carbocycles. The summed E-state index contributed by atoms with van der Waals surface area (Å²) in [6.07, 6.45) is 2.60. The van der Waals surface area contributed by atoms with Crippen LogP contribution in [0.4, 0.5) is 0 Å². The topological polar surface area (TPSA) is 66.5 Å². The van der Waals surface area contributed by atoms with Crippen LogP contribution in [0.3, 0.4) is 0 Å². The maximum atomic E-state index is 12.5. The second kappa shape index (κ2) is 5.05. The molecular weight excluding hydrogens is 264 g/mol. The van der Waals surface area contributed by atoms with Crippen LogP contribution in [-0.2, 0) is 14.6 Å². The Kier molecular flexibility index (Phi) is 4.37. The maximum Gasteiger partial charge on any atom is 0.243 e. The summed E-state index contributed by atoms with van der Waals surface area (Å²) in [7, 11) is -3.21. The van der Waals surface area contributed by atoms with Crippen LogP contribution in [0.15, 0.2) is 0 Å². The summed E-state index contributed by atoms with van der Waals surface area (Å²) in [5.41, 5.74) is -0.575. The molecule has 0 aromatic carbocycles. The number of carbonyl (C=O) groups is 1. The molecule has 112 valence electrons. The van der Waals surface area contributed by atoms with Gasteiger partial charge in [0.05, 0.1) is 16.5 Å². The van der Waals surface area contributed by atoms with Gasteiger partial charge in [-0.2, -0.15) is 0 Å². The van der Waals surface area contributed by atoms with Gasteiger partial charge in [-0.15, -0.1) is 0 Å². The summed E-state index contributed by atoms with van der Waals surface area (Å²) in [5.74, 6) is -0.00132. The smallest absolute Gasteiger partial charge is 0.243 e. The van der Waals surface area contributed by atoms with Gasteiger partial charge < -0.3 is 4.90 Å². The van der Waals surface area contributed by atoms with Gasteiger partial charge in [-0.25, -0.2) is 8.42 Å². The maximum absolute atomic E-state index is 12.5. The molecule has 0 aromatic heterocycles. The Morgan fingerprint density at radius 1 is 1.37 bits per heavy atom. The number of amides is 1. The molecule has 1 amide bonds. The molecule has 6 heteroatoms. The monoisotopic (exact) mass is 290 g/mol. The molecule has 0 bridgehead atoms. The van der Waals surface area contributed by atoms with E-state index in [0.717, 1.165) is 6.42 Å². The van der Waals surface area contributed by atoms with Crippen molar-refractivity contribution in [2.75, 3.05) is 12.8 Å². The lowest BCUT2D eigenvalue weighted by molar-refractivity contribution is -0.133. The predicted octanol–water partition coefficient (Wildman–Crippen LogP) is 1.15. The van der Waals surface area contributed by atoms with Crippen LogP contribution >= 0.6 is 0 Å². The Balaban J connectivity index is 3.03. The first-order chi connectivity index (χ1) is 8.48. The number of carbonyl (C=O) groups excluding carboxylic acids is 1. The summed E-state index contributed by atoms with van der Waals surface area (Å²) in [5, 5.41) is 3.32. The molecule has 1 aliphatic heterocycles. The van der Waals surface area contributed by atoms with Crippen molar-refractivity contribution >= 4 is 15.7 Å². The summed E-state index contributed by atoms with van der Waals surface area (Å²) < 4.78 is 22.7. The fourth-order valence-electron chi connectivity index (χ4n) is 2.25. The van der Waals surface area contributed by atoms with Gasteiger partial charge in [0.2, 0.25) is 5.91 Å². The van der Waals surface area contributed by atoms with Gasteiger partial charge in [-0.3, -0.25) is 10.1 Å². The number of nitrogens with zero attached hydrogens (tertiary/aromatic N) is 1. The first kappa shape index (κ1) is 16.4. The number of nitrogens with one attached hydrogen (secondary N) is 1. The van der Waals surface area contributed by atoms with E-state index in [1.54, 1.807) is 18.7 Å². The minimum atomic E-state index is -3.21. The van der Waals surface area contributed by atoms with Crippen LogP contribution in [-0.4, -0.2) is 48.5 Å². The largest absolute Gasteiger partial charge is 0.324 e. The van der Waals surface area contributed by atoms with Gasteiger partial charge in [0.15, 0.2) is 9.84 Å². The van der Waals surface area contributed by atoms with E-state index < -0.39 is 20.1 Å². The molecule has 1 fully saturated rings. The number of rotatable bonds is 5. The molecule has 19 heavy (non-hydrogen) atoms. The second-order valence-corrected chi connectivity index (χ2v) is 8.87. The van der Waals surface area contributed by atoms with Crippen molar-refractivity contribution in [3.05, 3.63) is 0 Å². The Morgan fingerprint density at radius 3 is 2.26 bits per heavy atom. The Hall–Kier alpha value is -0.620. The first-order valence-electron chi connectivity index (χ1n) is 6.77. The van der Waals surface area contributed by atoms with Crippen LogP contribution in [0.1, 0.15) is 47.5 Å². The molecule has 1 aliphatic rings. The van der Waals surface area contributed by atoms with E-state index in [9.17, 15) is 13.2 Å². The quantitative estimate of drug-likeness (QED) is 0.825. The van der Waals surface area contributed by atoms with E-state index in [4.69, 9.17) is 0 Å². The minimum absolute atomic E-state index is 0.00132. The fraction of sp³-hybridized carbons (Fsp3) is 0.923. The SMILES string of the molecule is CCC1NC(C)(CC)C(=O)N1CC(C)(C)S(C)(=O)=O. The van der Waals surface area contributed by atoms with Crippen molar-refractivity contribution in [3.63, 3.8) is 0 Å². The van der Waals surface area contributed by atoms with Gasteiger partial charge in [0.25, 0.3) is 0 Å². The summed E-state index contributed by atoms with van der Waals surface area (Å²) in [6.45, 7) is 9.40. The Morgan fingerprint density at radius 2 is 1.89 bits per heavy atom. The third kappa shape index (κ3) is 2.94. The van der Waals surface area contributed by atoms with Crippen LogP contribution < -0.4 is 5.32 Å². The van der Waals surface area contributed by atoms with Crippen molar-refractivity contribution in [2.45, 2.75) is 63.9 Å². The molecular formula is C13H26N2O3S. The van der Waals surface area contributed by atoms with E-state index in [1.807, 2.05) is 20.8 Å². The predicted molar refractivity (Wildman–Crippen MR) is 76.5 cm³/mol. The molecule has 0 spiro atoms. The minimum Gasteiger partial charge on any atom is -0.324 e. The van der Waals surface area contributed by atoms with Crippen molar-refractivity contribution in [2.24, 2.45) is 0 Å². The fourth-order valence-corrected chi connectivity index (χ4v) is 2.62. The van der Waals surface area contributed by atoms with E-state index in [2.05, 4.69) is 5.32 Å². The lowest BCUT2D eigenvalue weighted by atomic mass is 9.99. The molecule has 1 rings (SSSR count). The molecule has 2 unspecified atom stereocenters. The van der Waals surface area contributed by atoms with Crippen LogP contribution in [0.2, 0.25) is 0 Å². The van der Waals surface area contributed by atoms with Crippen molar-refractivity contribution in [1.82, 2.24) is 10.2 Å². The van der Waals surface area contributed by atoms with Gasteiger partial charge in [0.1, 0.15) is 0 Å². The summed E-state index contributed by atoms with van der Waals surface area (Å²) in [6, 6.07) is 0. The zero-order valence-electron chi connectivity index (χ0n) is 12.8. The van der Waals surface area contributed by atoms with Crippen LogP contribution in [0.5, 0.6) is 0 Å². The van der Waals surface area contributed by atoms with E-state index in [-0.39, 0.29) is 18.6 Å². The lowest BCUT2D eigenvalue weighted by Crippen LogP contribution is -2.49. The molecule has 1 saturated heterocycles. The molecule has 1 N–H and O–H groups in total. The highest BCUT2D eigenvalue weighted by atomic mass is 32.2. The van der Waals surface area contributed by atoms with E-state index in [0.29, 0.717) is 6.42 Å². The highest BCUT2D eigenvalue weighted by molar-refractivity contribution is 7.92. The molecule has 2 atom stereocenters. The third-order valence-electron chi connectivity index (χ3n) is 4.24. The van der Waals surface area contributed by atoms with Crippen LogP contribution in [0, 0.1) is 0 Å². The Labute approximate surface area is 116 Å². The zero-order chi connectivity index (χ0) is 15.1. The average Bonchev–Trinajstić information content (AvgIpc) is 2.52. The normalized spacial score (nSPS) is 29.1. The Bertz CT molecular complexity index is 459. The molecule has 0 aliphatic carbocycles. The lowest BCUT2D eigenvalue weighted by Gasteiger charge is -2.32. The summed E-state index contributed by atoms with van der Waals surface area (Å²) in [4.78, 5) is 14.2. The molecule has 1 heterocycles. The number of hydrogen-bond donors (Lipinski definition) is 1. The van der Waals surface area contributed by atoms with Gasteiger partial charge in [-0.1, -0.05) is 13.8 Å². The van der Waals surface area contributed by atoms with Gasteiger partial charge in [-0.05, 0) is 33.6 Å². The van der Waals surface area contributed by atoms with Crippen molar-refractivity contribution in [3.8, 4) is 0 Å². The van der Waals surface area contributed by atoms with Gasteiger partial charge in [0, 0.05) is 12.8 Å². The standard InChI is InChI=1S/C13H26N2O3S/c1-7-10-14-13(5,8-2)11(16)15(10)9-12(3,4)19(6,17)18/h10,14H,7-9H2,1-6H3. The van der Waals surface area contributed by atoms with Gasteiger partial charge >= 0.3 is 0 Å². The second-order valence-electron chi connectivity index (χ2n) is 6.22. The highest BCUT2D eigenvalue weighted by Crippen LogP contribution is 2.28. The average molecular weight is 290 g/mol. The van der Waals surface area contributed by atoms with Crippen molar-refractivity contribution in [1.29, 1.82) is 0 Å². The van der Waals surface area contributed by atoms with Crippen LogP contribution in [0.25, 0.3) is 0 Å². The van der Waals surface area contributed by atoms with E-state index >= 15 is 0 Å². The molecule has 0 radical (unpaired) electrons. The first-order valence-corrected chi connectivity index (χ1v) is 8.66. The molecule has 0 aromatic rings. The van der Waals surface area contributed by atoms with Crippen molar-refractivity contribution < 1.29 is 13.2 Å². The van der Waals surface area contributed by atoms with E-state index in [1.165, 1.54) is 6.26 Å². The highest BCUT2D eigenvalue weighted by Gasteiger charge is 2.48. The number of hydrogen-bond acceptors (Lipinski definition) is 4. The number of sulfone groups is 1. The zero-order valence-corrected chi connectivity index (χ0v) is 13.6. The third-order valence-corrected chi connectivity index (χ3v) is 6.38.